The second-order valence-electron chi connectivity index (χ2n) is 18.1. The summed E-state index contributed by atoms with van der Waals surface area (Å²) in [5.74, 6) is 0.609. The summed E-state index contributed by atoms with van der Waals surface area (Å²) in [4.78, 5) is 44.7. The quantitative estimate of drug-likeness (QED) is 0.0802. The van der Waals surface area contributed by atoms with Gasteiger partial charge < -0.3 is 45.8 Å². The molecule has 0 aromatic rings. The number of esters is 2. The average molecular weight is 940 g/mol. The molecule has 1 rings (SSSR count). The normalized spacial score (nSPS) is 11.6. The van der Waals surface area contributed by atoms with Crippen LogP contribution in [0.5, 0.6) is 0 Å². The van der Waals surface area contributed by atoms with Crippen LogP contribution in [0, 0.1) is 11.3 Å². The summed E-state index contributed by atoms with van der Waals surface area (Å²) < 4.78 is 14.8. The second-order valence-corrected chi connectivity index (χ2v) is 19.0. The summed E-state index contributed by atoms with van der Waals surface area (Å²) in [6.45, 7) is 37.0. The molecule has 0 bridgehead atoms. The molecule has 1 aliphatic heterocycles. The van der Waals surface area contributed by atoms with E-state index in [1.165, 1.54) is 45.5 Å². The molecule has 0 radical (unpaired) electrons. The van der Waals surface area contributed by atoms with E-state index in [1.807, 2.05) is 13.8 Å². The van der Waals surface area contributed by atoms with Crippen molar-refractivity contribution in [3.8, 4) is 0 Å². The molecule has 0 saturated carbocycles. The molecule has 63 heavy (non-hydrogen) atoms. The molecule has 376 valence electrons. The summed E-state index contributed by atoms with van der Waals surface area (Å²) in [6.07, 6.45) is 7.55. The minimum absolute atomic E-state index is 0. The van der Waals surface area contributed by atoms with Crippen molar-refractivity contribution in [2.45, 2.75) is 233 Å². The predicted molar refractivity (Wildman–Crippen MR) is 256 cm³/mol. The first-order valence-electron chi connectivity index (χ1n) is 20.5. The number of aliphatic hydroxyl groups is 2. The number of halogens is 2. The molecule has 1 heterocycles. The molecular formula is C47H100Cl2Li2NO11-. The Labute approximate surface area is 423 Å². The van der Waals surface area contributed by atoms with Crippen LogP contribution >= 0.6 is 23.2 Å². The Morgan fingerprint density at radius 1 is 0.651 bits per heavy atom. The van der Waals surface area contributed by atoms with E-state index in [1.54, 1.807) is 41.5 Å². The number of hydrogen-bond donors (Lipinski definition) is 2. The van der Waals surface area contributed by atoms with E-state index < -0.39 is 32.9 Å². The van der Waals surface area contributed by atoms with Gasteiger partial charge in [0.25, 0.3) is 0 Å². The molecule has 12 nitrogen and oxygen atoms in total. The third kappa shape index (κ3) is 96.7. The van der Waals surface area contributed by atoms with Crippen molar-refractivity contribution >= 4 is 45.6 Å². The van der Waals surface area contributed by atoms with Gasteiger partial charge in [0, 0.05) is 26.1 Å². The van der Waals surface area contributed by atoms with Gasteiger partial charge in [0.15, 0.2) is 0 Å². The van der Waals surface area contributed by atoms with Crippen LogP contribution in [0.25, 0.3) is 0 Å². The average Bonchev–Trinajstić information content (AvgIpc) is 3.65. The molecule has 1 saturated heterocycles. The number of ether oxygens (including phenoxy) is 3. The topological polar surface area (TPSA) is 193 Å². The molecule has 0 aliphatic carbocycles. The van der Waals surface area contributed by atoms with Crippen LogP contribution < -0.4 is 42.8 Å². The zero-order chi connectivity index (χ0) is 46.1. The molecule has 0 unspecified atom stereocenters. The van der Waals surface area contributed by atoms with Crippen molar-refractivity contribution in [3.05, 3.63) is 5.92 Å². The van der Waals surface area contributed by atoms with Gasteiger partial charge >= 0.3 is 49.7 Å². The van der Waals surface area contributed by atoms with E-state index in [0.717, 1.165) is 38.9 Å². The van der Waals surface area contributed by atoms with Crippen LogP contribution in [0.1, 0.15) is 210 Å². The van der Waals surface area contributed by atoms with E-state index in [4.69, 9.17) is 32.7 Å². The van der Waals surface area contributed by atoms with Gasteiger partial charge in [-0.25, -0.2) is 0 Å². The van der Waals surface area contributed by atoms with E-state index in [9.17, 15) is 34.5 Å². The van der Waals surface area contributed by atoms with Gasteiger partial charge in [-0.1, -0.05) is 84.1 Å². The van der Waals surface area contributed by atoms with Crippen molar-refractivity contribution < 1.29 is 91.9 Å². The van der Waals surface area contributed by atoms with Crippen LogP contribution in [-0.2, 0) is 33.4 Å². The largest absolute Gasteiger partial charge is 1.00 e. The zero-order valence-corrected chi connectivity index (χ0v) is 43.3. The molecule has 3 N–H and O–H groups in total. The smallest absolute Gasteiger partial charge is 0.870 e. The Morgan fingerprint density at radius 2 is 1.00 bits per heavy atom. The minimum atomic E-state index is -0.739. The molecule has 0 atom stereocenters. The summed E-state index contributed by atoms with van der Waals surface area (Å²) in [6, 6.07) is 0. The Bertz CT molecular complexity index is 976. The zero-order valence-electron chi connectivity index (χ0n) is 41.8. The monoisotopic (exact) mass is 939 g/mol. The number of hydrogen-bond acceptors (Lipinski definition) is 12. The van der Waals surface area contributed by atoms with Crippen molar-refractivity contribution in [2.75, 3.05) is 40.0 Å². The maximum Gasteiger partial charge on any atom is 1.00 e. The number of carbonyl (C=O) groups is 4. The number of carbonyl (C=O) groups excluding carboxylic acids is 4. The second kappa shape index (κ2) is 49.7. The molecule has 0 amide bonds. The maximum absolute atomic E-state index is 11.6. The molecule has 1 fully saturated rings. The first-order chi connectivity index (χ1) is 25.7. The van der Waals surface area contributed by atoms with Crippen molar-refractivity contribution in [1.29, 1.82) is 0 Å². The molecule has 0 spiro atoms. The van der Waals surface area contributed by atoms with Gasteiger partial charge in [0.05, 0.1) is 31.2 Å². The molecule has 1 aliphatic rings. The predicted octanol–water partition coefficient (Wildman–Crippen LogP) is 5.10. The van der Waals surface area contributed by atoms with E-state index in [0.29, 0.717) is 12.8 Å². The van der Waals surface area contributed by atoms with E-state index in [2.05, 4.69) is 65.0 Å². The van der Waals surface area contributed by atoms with Crippen molar-refractivity contribution in [2.24, 2.45) is 5.41 Å². The summed E-state index contributed by atoms with van der Waals surface area (Å²) in [5, 5.41) is 28.5. The fourth-order valence-corrected chi connectivity index (χ4v) is 4.12. The standard InChI is InChI=1S/C14H26O4.C8H18O2.C8H16O.C6H15N.C4H4Cl2O2.C4H8O.3CH4.2Li.H2O/c1-13(2,3)9-10-14(4,5)18-12(16)8-7-11(15)17-6;1-7(2,9)5-6-8(3,4)10;1-7(2)5-6-8(3,4)9;1-4-7(5-2)6-3;5-3(7)1-2-4(6)8;1-2-4-5-3-1;;;;;;/h7-10H2,1-6H3;9-10H,5-6H2,1-4H3;5-6H2,1-4H3;4-6H2,1-3H3;1-2H2;1-4H2;3*1H4;;;1H2/q;;-2;;;;;;;2*+1;/p-1. The summed E-state index contributed by atoms with van der Waals surface area (Å²) in [5.41, 5.74) is -2.31. The Hall–Kier alpha value is -0.185. The first kappa shape index (κ1) is 89.4. The van der Waals surface area contributed by atoms with E-state index >= 15 is 0 Å². The SMILES string of the molecule is C.C.C.C1CCOC1.CC(C)(O)CCC(C)(C)O.CCN(CC)CC.COC(=O)CCC(=O)OC(C)(C)CCC(C)(C)C.C[C-](C)CCC(C)(C)[O-].O=C(Cl)CCC(=O)Cl.[Li+].[Li+].[OH-]. The van der Waals surface area contributed by atoms with Crippen LogP contribution in [0.3, 0.4) is 0 Å². The van der Waals surface area contributed by atoms with Crippen LogP contribution in [0.15, 0.2) is 0 Å². The first-order valence-corrected chi connectivity index (χ1v) is 21.3. The Kier molecular flexibility index (Phi) is 70.5. The molecule has 0 aromatic heterocycles. The van der Waals surface area contributed by atoms with Gasteiger partial charge in [-0.3, -0.25) is 19.2 Å². The Balaban J connectivity index is -0.0000000587. The number of nitrogens with zero attached hydrogens (tertiary/aromatic N) is 1. The summed E-state index contributed by atoms with van der Waals surface area (Å²) in [7, 11) is 1.31. The van der Waals surface area contributed by atoms with Crippen LogP contribution in [0.2, 0.25) is 0 Å². The van der Waals surface area contributed by atoms with Crippen LogP contribution in [-0.4, -0.2) is 105 Å². The van der Waals surface area contributed by atoms with Crippen molar-refractivity contribution in [1.82, 2.24) is 4.90 Å². The third-order valence-corrected chi connectivity index (χ3v) is 8.27. The van der Waals surface area contributed by atoms with Gasteiger partial charge in [0.2, 0.25) is 10.5 Å². The molecular weight excluding hydrogens is 839 g/mol. The van der Waals surface area contributed by atoms with Crippen LogP contribution in [0.4, 0.5) is 0 Å². The fourth-order valence-electron chi connectivity index (χ4n) is 3.93. The van der Waals surface area contributed by atoms with Gasteiger partial charge in [-0.15, -0.1) is 5.60 Å². The molecule has 16 heteroatoms. The number of rotatable bonds is 18. The summed E-state index contributed by atoms with van der Waals surface area (Å²) >= 11 is 9.74. The number of methoxy groups -OCH3 is 1. The van der Waals surface area contributed by atoms with Crippen molar-refractivity contribution in [3.63, 3.8) is 0 Å². The maximum atomic E-state index is 11.6. The molecule has 0 aromatic carbocycles. The fraction of sp³-hybridized carbons (Fsp3) is 0.894. The van der Waals surface area contributed by atoms with Gasteiger partial charge in [0.1, 0.15) is 5.60 Å². The minimum Gasteiger partial charge on any atom is -0.870 e. The van der Waals surface area contributed by atoms with E-state index in [-0.39, 0.29) is 109 Å². The Morgan fingerprint density at radius 3 is 1.19 bits per heavy atom. The third-order valence-electron chi connectivity index (χ3n) is 7.89. The van der Waals surface area contributed by atoms with Gasteiger partial charge in [-0.05, 0) is 128 Å². The van der Waals surface area contributed by atoms with Gasteiger partial charge in [-0.2, -0.15) is 20.3 Å².